The van der Waals surface area contributed by atoms with E-state index in [1.807, 2.05) is 7.05 Å². The monoisotopic (exact) mass is 346 g/mol. The molecule has 0 radical (unpaired) electrons. The molecule has 3 rings (SSSR count). The molecule has 0 saturated carbocycles. The van der Waals surface area contributed by atoms with Crippen molar-refractivity contribution in [3.8, 4) is 0 Å². The molecule has 1 fully saturated rings. The normalized spacial score (nSPS) is 22.1. The van der Waals surface area contributed by atoms with E-state index in [0.717, 1.165) is 38.3 Å². The molecule has 1 unspecified atom stereocenters. The van der Waals surface area contributed by atoms with Gasteiger partial charge in [-0.3, -0.25) is 9.67 Å². The summed E-state index contributed by atoms with van der Waals surface area (Å²) in [6, 6.07) is 0.852. The van der Waals surface area contributed by atoms with Gasteiger partial charge in [0.15, 0.2) is 5.96 Å². The summed E-state index contributed by atoms with van der Waals surface area (Å²) in [6.07, 6.45) is 9.54. The first-order valence-electron chi connectivity index (χ1n) is 9.92. The van der Waals surface area contributed by atoms with Crippen molar-refractivity contribution in [3.05, 3.63) is 17.5 Å². The Bertz CT molecular complexity index is 570. The third-order valence-corrected chi connectivity index (χ3v) is 5.36. The minimum Gasteiger partial charge on any atom is -0.355 e. The molecule has 6 heteroatoms. The Morgan fingerprint density at radius 1 is 1.32 bits per heavy atom. The van der Waals surface area contributed by atoms with E-state index in [1.54, 1.807) is 0 Å². The highest BCUT2D eigenvalue weighted by Crippen LogP contribution is 2.21. The van der Waals surface area contributed by atoms with Gasteiger partial charge in [0.2, 0.25) is 0 Å². The molecule has 2 N–H and O–H groups in total. The average Bonchev–Trinajstić information content (AvgIpc) is 3.05. The van der Waals surface area contributed by atoms with Crippen molar-refractivity contribution >= 4 is 5.96 Å². The Morgan fingerprint density at radius 3 is 2.84 bits per heavy atom. The van der Waals surface area contributed by atoms with Gasteiger partial charge in [-0.15, -0.1) is 0 Å². The van der Waals surface area contributed by atoms with Gasteiger partial charge in [0.05, 0.1) is 5.69 Å². The van der Waals surface area contributed by atoms with Crippen molar-refractivity contribution in [2.75, 3.05) is 33.2 Å². The van der Waals surface area contributed by atoms with Crippen LogP contribution in [0.1, 0.15) is 56.8 Å². The molecule has 0 aromatic carbocycles. The zero-order valence-corrected chi connectivity index (χ0v) is 16.1. The molecule has 140 valence electrons. The summed E-state index contributed by atoms with van der Waals surface area (Å²) < 4.78 is 2.10. The van der Waals surface area contributed by atoms with E-state index < -0.39 is 0 Å². The molecule has 2 aliphatic rings. The highest BCUT2D eigenvalue weighted by molar-refractivity contribution is 5.80. The first-order valence-corrected chi connectivity index (χ1v) is 9.92. The number of aromatic nitrogens is 2. The number of hydrogen-bond donors (Lipinski definition) is 2. The Morgan fingerprint density at radius 2 is 2.12 bits per heavy atom. The first-order chi connectivity index (χ1) is 12.2. The number of aryl methyl sites for hydroxylation is 1. The Balaban J connectivity index is 1.45. The molecule has 2 heterocycles. The maximum absolute atomic E-state index is 4.77. The summed E-state index contributed by atoms with van der Waals surface area (Å²) in [5.41, 5.74) is 2.67. The van der Waals surface area contributed by atoms with E-state index in [-0.39, 0.29) is 0 Å². The van der Waals surface area contributed by atoms with Crippen LogP contribution in [-0.2, 0) is 12.8 Å². The molecule has 1 aliphatic carbocycles. The number of nitrogens with zero attached hydrogens (tertiary/aromatic N) is 4. The summed E-state index contributed by atoms with van der Waals surface area (Å²) in [6.45, 7) is 8.92. The number of likely N-dealkylation sites (tertiary alicyclic amines) is 1. The maximum Gasteiger partial charge on any atom is 0.191 e. The topological polar surface area (TPSA) is 57.5 Å². The zero-order valence-electron chi connectivity index (χ0n) is 16.1. The fourth-order valence-corrected chi connectivity index (χ4v) is 3.80. The van der Waals surface area contributed by atoms with Crippen molar-refractivity contribution in [1.29, 1.82) is 0 Å². The Hall–Kier alpha value is -1.56. The van der Waals surface area contributed by atoms with Crippen molar-refractivity contribution in [2.24, 2.45) is 4.99 Å². The van der Waals surface area contributed by atoms with Crippen LogP contribution in [0.4, 0.5) is 0 Å². The van der Waals surface area contributed by atoms with Crippen LogP contribution >= 0.6 is 0 Å². The Labute approximate surface area is 152 Å². The van der Waals surface area contributed by atoms with E-state index in [0.29, 0.717) is 12.1 Å². The number of aliphatic imine (C=N–C) groups is 1. The predicted octanol–water partition coefficient (Wildman–Crippen LogP) is 1.97. The quantitative estimate of drug-likeness (QED) is 0.632. The molecule has 25 heavy (non-hydrogen) atoms. The summed E-state index contributed by atoms with van der Waals surface area (Å²) in [7, 11) is 1.86. The highest BCUT2D eigenvalue weighted by atomic mass is 15.3. The van der Waals surface area contributed by atoms with Gasteiger partial charge in [-0.1, -0.05) is 6.42 Å². The summed E-state index contributed by atoms with van der Waals surface area (Å²) in [5, 5.41) is 11.8. The van der Waals surface area contributed by atoms with Crippen LogP contribution in [0.15, 0.2) is 11.2 Å². The lowest BCUT2D eigenvalue weighted by molar-refractivity contribution is 0.232. The number of fused-ring (bicyclic) bond motifs is 1. The largest absolute Gasteiger partial charge is 0.355 e. The number of hydrogen-bond acceptors (Lipinski definition) is 3. The summed E-state index contributed by atoms with van der Waals surface area (Å²) in [4.78, 5) is 6.96. The maximum atomic E-state index is 4.77. The minimum absolute atomic E-state index is 0.421. The Kier molecular flexibility index (Phi) is 6.34. The molecular formula is C19H34N6. The van der Waals surface area contributed by atoms with Gasteiger partial charge in [0, 0.05) is 44.8 Å². The van der Waals surface area contributed by atoms with Gasteiger partial charge < -0.3 is 15.5 Å². The lowest BCUT2D eigenvalue weighted by atomic mass is 9.94. The molecule has 1 aliphatic heterocycles. The van der Waals surface area contributed by atoms with Gasteiger partial charge in [-0.05, 0) is 58.2 Å². The number of piperidine rings is 1. The first kappa shape index (κ1) is 18.2. The van der Waals surface area contributed by atoms with Crippen molar-refractivity contribution in [1.82, 2.24) is 25.3 Å². The molecular weight excluding hydrogens is 312 g/mol. The standard InChI is InChI=1S/C19H34N6/c1-15(2)25-14-16-7-8-17(13-18(16)23-25)22-19(20-3)21-9-12-24-10-5-4-6-11-24/h14-15,17H,4-13H2,1-3H3,(H2,20,21,22). The SMILES string of the molecule is CN=C(NCCN1CCCCC1)NC1CCc2cn(C(C)C)nc2C1. The van der Waals surface area contributed by atoms with E-state index >= 15 is 0 Å². The van der Waals surface area contributed by atoms with Crippen LogP contribution in [0.25, 0.3) is 0 Å². The summed E-state index contributed by atoms with van der Waals surface area (Å²) >= 11 is 0. The molecule has 6 nitrogen and oxygen atoms in total. The van der Waals surface area contributed by atoms with E-state index in [2.05, 4.69) is 45.3 Å². The number of nitrogens with one attached hydrogen (secondary N) is 2. The molecule has 1 saturated heterocycles. The van der Waals surface area contributed by atoms with Gasteiger partial charge >= 0.3 is 0 Å². The zero-order chi connectivity index (χ0) is 17.6. The average molecular weight is 347 g/mol. The lowest BCUT2D eigenvalue weighted by Crippen LogP contribution is -2.47. The van der Waals surface area contributed by atoms with Gasteiger partial charge in [-0.25, -0.2) is 0 Å². The van der Waals surface area contributed by atoms with E-state index in [1.165, 1.54) is 43.6 Å². The summed E-state index contributed by atoms with van der Waals surface area (Å²) in [5.74, 6) is 0.925. The molecule has 1 aromatic rings. The third kappa shape index (κ3) is 4.97. The molecule has 0 bridgehead atoms. The molecule has 0 spiro atoms. The van der Waals surface area contributed by atoms with Gasteiger partial charge in [0.1, 0.15) is 0 Å². The van der Waals surface area contributed by atoms with E-state index in [4.69, 9.17) is 5.10 Å². The molecule has 1 atom stereocenters. The van der Waals surface area contributed by atoms with Crippen LogP contribution in [-0.4, -0.2) is 59.9 Å². The molecule has 0 amide bonds. The van der Waals surface area contributed by atoms with Gasteiger partial charge in [0.25, 0.3) is 0 Å². The predicted molar refractivity (Wildman–Crippen MR) is 103 cm³/mol. The second-order valence-electron chi connectivity index (χ2n) is 7.66. The third-order valence-electron chi connectivity index (χ3n) is 5.36. The second kappa shape index (κ2) is 8.70. The van der Waals surface area contributed by atoms with Crippen molar-refractivity contribution in [3.63, 3.8) is 0 Å². The minimum atomic E-state index is 0.421. The van der Waals surface area contributed by atoms with Crippen molar-refractivity contribution < 1.29 is 0 Å². The van der Waals surface area contributed by atoms with Crippen LogP contribution in [0.5, 0.6) is 0 Å². The van der Waals surface area contributed by atoms with Gasteiger partial charge in [-0.2, -0.15) is 5.10 Å². The van der Waals surface area contributed by atoms with E-state index in [9.17, 15) is 0 Å². The van der Waals surface area contributed by atoms with Crippen LogP contribution in [0.3, 0.4) is 0 Å². The van der Waals surface area contributed by atoms with Crippen LogP contribution in [0.2, 0.25) is 0 Å². The number of guanidine groups is 1. The lowest BCUT2D eigenvalue weighted by Gasteiger charge is -2.28. The second-order valence-corrected chi connectivity index (χ2v) is 7.66. The fraction of sp³-hybridized carbons (Fsp3) is 0.789. The number of rotatable bonds is 5. The smallest absolute Gasteiger partial charge is 0.191 e. The van der Waals surface area contributed by atoms with Crippen LogP contribution < -0.4 is 10.6 Å². The highest BCUT2D eigenvalue weighted by Gasteiger charge is 2.23. The molecule has 1 aromatic heterocycles. The fourth-order valence-electron chi connectivity index (χ4n) is 3.80. The van der Waals surface area contributed by atoms with Crippen molar-refractivity contribution in [2.45, 2.75) is 64.5 Å². The van der Waals surface area contributed by atoms with Crippen LogP contribution in [0, 0.1) is 0 Å².